The lowest BCUT2D eigenvalue weighted by molar-refractivity contribution is 0.0717. The second kappa shape index (κ2) is 5.87. The van der Waals surface area contributed by atoms with E-state index in [-0.39, 0.29) is 35.2 Å². The van der Waals surface area contributed by atoms with Crippen LogP contribution < -0.4 is 5.56 Å². The molecule has 1 aliphatic carbocycles. The van der Waals surface area contributed by atoms with Crippen molar-refractivity contribution in [3.63, 3.8) is 0 Å². The third-order valence-corrected chi connectivity index (χ3v) is 6.36. The van der Waals surface area contributed by atoms with Crippen LogP contribution in [0.3, 0.4) is 0 Å². The third kappa shape index (κ3) is 2.68. The maximum Gasteiger partial charge on any atom is 0.286 e. The van der Waals surface area contributed by atoms with E-state index in [1.807, 2.05) is 0 Å². The predicted octanol–water partition coefficient (Wildman–Crippen LogP) is -0.498. The summed E-state index contributed by atoms with van der Waals surface area (Å²) in [5.41, 5.74) is -0.668. The molecule has 1 saturated carbocycles. The fourth-order valence-electron chi connectivity index (χ4n) is 4.75. The Labute approximate surface area is 156 Å². The number of fused-ring (bicyclic) bond motifs is 2. The summed E-state index contributed by atoms with van der Waals surface area (Å²) in [6.45, 7) is 5.70. The Morgan fingerprint density at radius 2 is 2.19 bits per heavy atom. The van der Waals surface area contributed by atoms with Crippen LogP contribution in [-0.4, -0.2) is 79.7 Å². The Bertz CT molecular complexity index is 964. The highest BCUT2D eigenvalue weighted by molar-refractivity contribution is 5.94. The van der Waals surface area contributed by atoms with E-state index in [0.29, 0.717) is 18.9 Å². The van der Waals surface area contributed by atoms with Crippen molar-refractivity contribution in [3.8, 4) is 0 Å². The molecule has 4 heterocycles. The molecule has 0 aromatic carbocycles. The molecule has 2 N–H and O–H groups in total. The molecule has 0 bridgehead atoms. The number of likely N-dealkylation sites (tertiary alicyclic amines) is 2. The molecule has 3 aliphatic rings. The van der Waals surface area contributed by atoms with Gasteiger partial charge in [0.1, 0.15) is 11.4 Å². The monoisotopic (exact) mass is 372 g/mol. The summed E-state index contributed by atoms with van der Waals surface area (Å²) in [7, 11) is 0. The summed E-state index contributed by atoms with van der Waals surface area (Å²) < 4.78 is 1.21. The number of aromatic nitrogens is 4. The fraction of sp³-hybridized carbons (Fsp3) is 0.667. The fourth-order valence-corrected chi connectivity index (χ4v) is 4.75. The van der Waals surface area contributed by atoms with Crippen LogP contribution in [0, 0.1) is 24.2 Å². The van der Waals surface area contributed by atoms with E-state index >= 15 is 0 Å². The van der Waals surface area contributed by atoms with Crippen LogP contribution in [0.4, 0.5) is 0 Å². The average Bonchev–Trinajstić information content (AvgIpc) is 3.10. The SMILES string of the molecule is Cc1nc2ncc(C(=O)N3CC4CN(CC5CC5)CC4(CO)C3)c(=O)n2[nH]1. The van der Waals surface area contributed by atoms with Crippen molar-refractivity contribution < 1.29 is 9.90 Å². The molecule has 2 aromatic rings. The first kappa shape index (κ1) is 16.9. The number of aliphatic hydroxyl groups excluding tert-OH is 1. The van der Waals surface area contributed by atoms with E-state index in [1.165, 1.54) is 23.6 Å². The number of hydrogen-bond acceptors (Lipinski definition) is 6. The molecular formula is C18H24N6O3. The van der Waals surface area contributed by atoms with Gasteiger partial charge in [-0.25, -0.2) is 4.98 Å². The summed E-state index contributed by atoms with van der Waals surface area (Å²) in [6.07, 6.45) is 3.94. The standard InChI is InChI=1S/C18H24N6O3/c1-11-20-17-19-4-14(16(27)24(17)21-11)15(26)23-7-13-6-22(5-12-2-3-12)8-18(13,9-23)10-25/h4,12-13,25H,2-3,5-10H2,1H3,(H,19,20,21). The second-order valence-electron chi connectivity index (χ2n) is 8.46. The predicted molar refractivity (Wildman–Crippen MR) is 96.4 cm³/mol. The lowest BCUT2D eigenvalue weighted by Gasteiger charge is -2.27. The van der Waals surface area contributed by atoms with Gasteiger partial charge in [-0.2, -0.15) is 9.50 Å². The zero-order valence-corrected chi connectivity index (χ0v) is 15.4. The maximum atomic E-state index is 13.0. The number of H-pyrrole nitrogens is 1. The molecule has 2 aromatic heterocycles. The second-order valence-corrected chi connectivity index (χ2v) is 8.46. The van der Waals surface area contributed by atoms with Crippen molar-refractivity contribution in [2.75, 3.05) is 39.3 Å². The number of amides is 1. The molecule has 2 unspecified atom stereocenters. The minimum Gasteiger partial charge on any atom is -0.396 e. The van der Waals surface area contributed by atoms with Crippen LogP contribution in [-0.2, 0) is 0 Å². The molecule has 0 spiro atoms. The molecule has 9 heteroatoms. The van der Waals surface area contributed by atoms with Crippen LogP contribution in [0.1, 0.15) is 29.0 Å². The Morgan fingerprint density at radius 1 is 1.37 bits per heavy atom. The van der Waals surface area contributed by atoms with Crippen molar-refractivity contribution in [2.45, 2.75) is 19.8 Å². The van der Waals surface area contributed by atoms with Crippen molar-refractivity contribution in [3.05, 3.63) is 27.9 Å². The summed E-state index contributed by atoms with van der Waals surface area (Å²) in [6, 6.07) is 0. The third-order valence-electron chi connectivity index (χ3n) is 6.36. The van der Waals surface area contributed by atoms with Gasteiger partial charge in [0, 0.05) is 44.3 Å². The molecule has 27 heavy (non-hydrogen) atoms. The van der Waals surface area contributed by atoms with Gasteiger partial charge in [0.25, 0.3) is 17.2 Å². The van der Waals surface area contributed by atoms with Gasteiger partial charge in [-0.1, -0.05) is 0 Å². The number of aliphatic hydroxyl groups is 1. The summed E-state index contributed by atoms with van der Waals surface area (Å²) >= 11 is 0. The van der Waals surface area contributed by atoms with Crippen molar-refractivity contribution in [1.82, 2.24) is 29.4 Å². The van der Waals surface area contributed by atoms with Gasteiger partial charge in [0.2, 0.25) is 0 Å². The highest BCUT2D eigenvalue weighted by atomic mass is 16.3. The number of rotatable bonds is 4. The quantitative estimate of drug-likeness (QED) is 0.750. The first-order valence-corrected chi connectivity index (χ1v) is 9.56. The molecular weight excluding hydrogens is 348 g/mol. The molecule has 2 atom stereocenters. The summed E-state index contributed by atoms with van der Waals surface area (Å²) in [5.74, 6) is 1.57. The molecule has 9 nitrogen and oxygen atoms in total. The minimum atomic E-state index is -0.434. The normalized spacial score (nSPS) is 28.2. The van der Waals surface area contributed by atoms with Crippen LogP contribution in [0.15, 0.2) is 11.0 Å². The maximum absolute atomic E-state index is 13.0. The van der Waals surface area contributed by atoms with E-state index < -0.39 is 5.56 Å². The van der Waals surface area contributed by atoms with Gasteiger partial charge in [-0.15, -0.1) is 0 Å². The van der Waals surface area contributed by atoms with Crippen molar-refractivity contribution >= 4 is 11.7 Å². The first-order chi connectivity index (χ1) is 13.0. The Kier molecular flexibility index (Phi) is 3.67. The van der Waals surface area contributed by atoms with E-state index in [1.54, 1.807) is 11.8 Å². The zero-order valence-electron chi connectivity index (χ0n) is 15.4. The molecule has 2 saturated heterocycles. The minimum absolute atomic E-state index is 0.0408. The van der Waals surface area contributed by atoms with Crippen LogP contribution in [0.2, 0.25) is 0 Å². The van der Waals surface area contributed by atoms with E-state index in [4.69, 9.17) is 0 Å². The van der Waals surface area contributed by atoms with Gasteiger partial charge < -0.3 is 14.9 Å². The number of aryl methyl sites for hydroxylation is 1. The molecule has 0 radical (unpaired) electrons. The molecule has 2 aliphatic heterocycles. The Morgan fingerprint density at radius 3 is 2.89 bits per heavy atom. The number of carbonyl (C=O) groups is 1. The summed E-state index contributed by atoms with van der Waals surface area (Å²) in [4.78, 5) is 38.1. The van der Waals surface area contributed by atoms with E-state index in [0.717, 1.165) is 25.6 Å². The van der Waals surface area contributed by atoms with E-state index in [2.05, 4.69) is 20.0 Å². The number of aromatic amines is 1. The molecule has 1 amide bonds. The van der Waals surface area contributed by atoms with Crippen molar-refractivity contribution in [2.24, 2.45) is 17.3 Å². The topological polar surface area (TPSA) is 107 Å². The van der Waals surface area contributed by atoms with Crippen LogP contribution >= 0.6 is 0 Å². The van der Waals surface area contributed by atoms with Crippen molar-refractivity contribution in [1.29, 1.82) is 0 Å². The molecule has 5 rings (SSSR count). The Hall–Kier alpha value is -2.26. The number of carbonyl (C=O) groups excluding carboxylic acids is 1. The first-order valence-electron chi connectivity index (χ1n) is 9.56. The van der Waals surface area contributed by atoms with Gasteiger partial charge in [-0.3, -0.25) is 14.7 Å². The van der Waals surface area contributed by atoms with E-state index in [9.17, 15) is 14.7 Å². The lowest BCUT2D eigenvalue weighted by Crippen LogP contribution is -2.40. The van der Waals surface area contributed by atoms with Gasteiger partial charge in [-0.05, 0) is 31.6 Å². The van der Waals surface area contributed by atoms with Gasteiger partial charge >= 0.3 is 0 Å². The van der Waals surface area contributed by atoms with Gasteiger partial charge in [0.05, 0.1) is 6.61 Å². The molecule has 144 valence electrons. The summed E-state index contributed by atoms with van der Waals surface area (Å²) in [5, 5.41) is 12.9. The zero-order chi connectivity index (χ0) is 18.8. The average molecular weight is 372 g/mol. The largest absolute Gasteiger partial charge is 0.396 e. The number of hydrogen-bond donors (Lipinski definition) is 2. The number of nitrogens with one attached hydrogen (secondary N) is 1. The Balaban J connectivity index is 1.38. The highest BCUT2D eigenvalue weighted by Gasteiger charge is 2.53. The van der Waals surface area contributed by atoms with Crippen LogP contribution in [0.5, 0.6) is 0 Å². The van der Waals surface area contributed by atoms with Crippen LogP contribution in [0.25, 0.3) is 5.78 Å². The smallest absolute Gasteiger partial charge is 0.286 e. The number of nitrogens with zero attached hydrogens (tertiary/aromatic N) is 5. The molecule has 3 fully saturated rings. The lowest BCUT2D eigenvalue weighted by atomic mass is 9.82. The van der Waals surface area contributed by atoms with Gasteiger partial charge in [0.15, 0.2) is 0 Å². The highest BCUT2D eigenvalue weighted by Crippen LogP contribution is 2.44.